The van der Waals surface area contributed by atoms with Gasteiger partial charge in [-0.25, -0.2) is 0 Å². The fourth-order valence-electron chi connectivity index (χ4n) is 1.37. The minimum absolute atomic E-state index is 0.466. The standard InChI is InChI=1S/C11H17NO2S/c1-12-7-9(13)8-4-5-10(14-2)11(6-8)15-3/h4-6,9,12-13H,7H2,1-3H3. The number of likely N-dealkylation sites (N-methyl/N-ethyl adjacent to an activating group) is 1. The van der Waals surface area contributed by atoms with Gasteiger partial charge in [-0.2, -0.15) is 0 Å². The quantitative estimate of drug-likeness (QED) is 0.751. The third kappa shape index (κ3) is 3.12. The van der Waals surface area contributed by atoms with Crippen molar-refractivity contribution in [2.45, 2.75) is 11.0 Å². The number of ether oxygens (including phenoxy) is 1. The largest absolute Gasteiger partial charge is 0.496 e. The zero-order chi connectivity index (χ0) is 11.3. The number of aliphatic hydroxyl groups is 1. The lowest BCUT2D eigenvalue weighted by molar-refractivity contribution is 0.177. The normalized spacial score (nSPS) is 12.5. The Kier molecular flexibility index (Phi) is 4.94. The van der Waals surface area contributed by atoms with E-state index in [9.17, 15) is 5.11 Å². The van der Waals surface area contributed by atoms with Gasteiger partial charge in [-0.15, -0.1) is 11.8 Å². The van der Waals surface area contributed by atoms with Crippen molar-refractivity contribution >= 4 is 11.8 Å². The van der Waals surface area contributed by atoms with Gasteiger partial charge in [-0.1, -0.05) is 6.07 Å². The third-order valence-corrected chi connectivity index (χ3v) is 2.95. The van der Waals surface area contributed by atoms with E-state index in [2.05, 4.69) is 5.32 Å². The van der Waals surface area contributed by atoms with E-state index in [4.69, 9.17) is 4.74 Å². The summed E-state index contributed by atoms with van der Waals surface area (Å²) in [7, 11) is 3.47. The van der Waals surface area contributed by atoms with E-state index in [0.29, 0.717) is 6.54 Å². The maximum atomic E-state index is 9.79. The highest BCUT2D eigenvalue weighted by atomic mass is 32.2. The Bertz CT molecular complexity index is 317. The summed E-state index contributed by atoms with van der Waals surface area (Å²) in [6.07, 6.45) is 1.53. The number of benzene rings is 1. The SMILES string of the molecule is CNCC(O)c1ccc(OC)c(SC)c1. The molecular weight excluding hydrogens is 210 g/mol. The number of nitrogens with one attached hydrogen (secondary N) is 1. The summed E-state index contributed by atoms with van der Waals surface area (Å²) in [5, 5.41) is 12.7. The van der Waals surface area contributed by atoms with Crippen LogP contribution in [0.5, 0.6) is 5.75 Å². The number of rotatable bonds is 5. The third-order valence-electron chi connectivity index (χ3n) is 2.19. The highest BCUT2D eigenvalue weighted by Gasteiger charge is 2.09. The van der Waals surface area contributed by atoms with Crippen LogP contribution >= 0.6 is 11.8 Å². The van der Waals surface area contributed by atoms with Gasteiger partial charge in [0.25, 0.3) is 0 Å². The zero-order valence-corrected chi connectivity index (χ0v) is 10.1. The molecule has 0 heterocycles. The smallest absolute Gasteiger partial charge is 0.132 e. The first-order chi connectivity index (χ1) is 7.22. The molecule has 1 atom stereocenters. The fraction of sp³-hybridized carbons (Fsp3) is 0.455. The molecule has 0 aliphatic rings. The molecule has 1 aromatic rings. The molecule has 2 N–H and O–H groups in total. The van der Waals surface area contributed by atoms with Gasteiger partial charge >= 0.3 is 0 Å². The molecule has 0 saturated heterocycles. The highest BCUT2D eigenvalue weighted by Crippen LogP contribution is 2.30. The van der Waals surface area contributed by atoms with Crippen molar-refractivity contribution in [2.75, 3.05) is 27.0 Å². The lowest BCUT2D eigenvalue weighted by Crippen LogP contribution is -2.16. The van der Waals surface area contributed by atoms with Crippen LogP contribution in [-0.2, 0) is 0 Å². The molecule has 0 saturated carbocycles. The molecule has 84 valence electrons. The van der Waals surface area contributed by atoms with Gasteiger partial charge in [-0.05, 0) is 31.0 Å². The number of aliphatic hydroxyl groups excluding tert-OH is 1. The van der Waals surface area contributed by atoms with Crippen LogP contribution in [0.4, 0.5) is 0 Å². The van der Waals surface area contributed by atoms with E-state index in [-0.39, 0.29) is 0 Å². The minimum Gasteiger partial charge on any atom is -0.496 e. The van der Waals surface area contributed by atoms with Gasteiger partial charge in [-0.3, -0.25) is 0 Å². The first-order valence-corrected chi connectivity index (χ1v) is 6.00. The Morgan fingerprint density at radius 1 is 1.53 bits per heavy atom. The average Bonchev–Trinajstić information content (AvgIpc) is 2.28. The van der Waals surface area contributed by atoms with Crippen LogP contribution in [0.25, 0.3) is 0 Å². The van der Waals surface area contributed by atoms with Crippen LogP contribution in [-0.4, -0.2) is 32.1 Å². The molecule has 4 heteroatoms. The Morgan fingerprint density at radius 3 is 2.80 bits per heavy atom. The first kappa shape index (κ1) is 12.4. The fourth-order valence-corrected chi connectivity index (χ4v) is 1.98. The predicted molar refractivity (Wildman–Crippen MR) is 63.7 cm³/mol. The summed E-state index contributed by atoms with van der Waals surface area (Å²) in [5.74, 6) is 0.850. The van der Waals surface area contributed by atoms with Crippen molar-refractivity contribution in [3.8, 4) is 5.75 Å². The van der Waals surface area contributed by atoms with E-state index in [1.807, 2.05) is 31.5 Å². The molecule has 0 radical (unpaired) electrons. The van der Waals surface area contributed by atoms with Gasteiger partial charge in [0.05, 0.1) is 13.2 Å². The molecule has 0 spiro atoms. The van der Waals surface area contributed by atoms with Crippen LogP contribution in [0.2, 0.25) is 0 Å². The molecule has 1 aromatic carbocycles. The Morgan fingerprint density at radius 2 is 2.27 bits per heavy atom. The number of hydrogen-bond donors (Lipinski definition) is 2. The maximum Gasteiger partial charge on any atom is 0.132 e. The van der Waals surface area contributed by atoms with E-state index >= 15 is 0 Å². The lowest BCUT2D eigenvalue weighted by atomic mass is 10.1. The van der Waals surface area contributed by atoms with Crippen molar-refractivity contribution < 1.29 is 9.84 Å². The van der Waals surface area contributed by atoms with Crippen molar-refractivity contribution in [3.63, 3.8) is 0 Å². The second-order valence-corrected chi connectivity index (χ2v) is 4.04. The van der Waals surface area contributed by atoms with Gasteiger partial charge in [0.15, 0.2) is 0 Å². The summed E-state index contributed by atoms with van der Waals surface area (Å²) in [6, 6.07) is 5.74. The van der Waals surface area contributed by atoms with E-state index in [0.717, 1.165) is 16.2 Å². The van der Waals surface area contributed by atoms with E-state index < -0.39 is 6.10 Å². The number of methoxy groups -OCH3 is 1. The van der Waals surface area contributed by atoms with Crippen molar-refractivity contribution in [3.05, 3.63) is 23.8 Å². The highest BCUT2D eigenvalue weighted by molar-refractivity contribution is 7.98. The summed E-state index contributed by atoms with van der Waals surface area (Å²) in [6.45, 7) is 0.556. The van der Waals surface area contributed by atoms with Crippen LogP contribution in [0, 0.1) is 0 Å². The molecule has 0 aromatic heterocycles. The van der Waals surface area contributed by atoms with Gasteiger partial charge in [0, 0.05) is 11.4 Å². The van der Waals surface area contributed by atoms with Gasteiger partial charge in [0.2, 0.25) is 0 Å². The summed E-state index contributed by atoms with van der Waals surface area (Å²) in [4.78, 5) is 1.05. The molecule has 1 rings (SSSR count). The maximum absolute atomic E-state index is 9.79. The summed E-state index contributed by atoms with van der Waals surface area (Å²) in [5.41, 5.74) is 0.912. The molecule has 0 aliphatic heterocycles. The second kappa shape index (κ2) is 6.00. The monoisotopic (exact) mass is 227 g/mol. The van der Waals surface area contributed by atoms with Crippen LogP contribution in [0.3, 0.4) is 0 Å². The molecule has 0 aliphatic carbocycles. The summed E-state index contributed by atoms with van der Waals surface area (Å²) >= 11 is 1.61. The van der Waals surface area contributed by atoms with Crippen molar-refractivity contribution in [1.29, 1.82) is 0 Å². The molecule has 0 amide bonds. The minimum atomic E-state index is -0.466. The molecule has 0 bridgehead atoms. The number of hydrogen-bond acceptors (Lipinski definition) is 4. The average molecular weight is 227 g/mol. The molecule has 1 unspecified atom stereocenters. The molecular formula is C11H17NO2S. The Hall–Kier alpha value is -0.710. The molecule has 15 heavy (non-hydrogen) atoms. The zero-order valence-electron chi connectivity index (χ0n) is 9.28. The van der Waals surface area contributed by atoms with Crippen molar-refractivity contribution in [2.24, 2.45) is 0 Å². The van der Waals surface area contributed by atoms with E-state index in [1.165, 1.54) is 0 Å². The van der Waals surface area contributed by atoms with Crippen LogP contribution in [0.15, 0.2) is 23.1 Å². The second-order valence-electron chi connectivity index (χ2n) is 3.19. The number of thioether (sulfide) groups is 1. The summed E-state index contributed by atoms with van der Waals surface area (Å²) < 4.78 is 5.21. The van der Waals surface area contributed by atoms with Gasteiger partial charge < -0.3 is 15.2 Å². The topological polar surface area (TPSA) is 41.5 Å². The molecule has 0 fully saturated rings. The van der Waals surface area contributed by atoms with Crippen molar-refractivity contribution in [1.82, 2.24) is 5.32 Å². The Labute approximate surface area is 94.8 Å². The lowest BCUT2D eigenvalue weighted by Gasteiger charge is -2.13. The van der Waals surface area contributed by atoms with Crippen LogP contribution < -0.4 is 10.1 Å². The van der Waals surface area contributed by atoms with E-state index in [1.54, 1.807) is 18.9 Å². The molecule has 3 nitrogen and oxygen atoms in total. The van der Waals surface area contributed by atoms with Gasteiger partial charge in [0.1, 0.15) is 5.75 Å². The first-order valence-electron chi connectivity index (χ1n) is 4.77. The van der Waals surface area contributed by atoms with Crippen LogP contribution in [0.1, 0.15) is 11.7 Å². The Balaban J connectivity index is 2.92. The predicted octanol–water partition coefficient (Wildman–Crippen LogP) is 1.67.